The average molecular weight is 256 g/mol. The predicted molar refractivity (Wildman–Crippen MR) is 74.5 cm³/mol. The van der Waals surface area contributed by atoms with Gasteiger partial charge in [-0.1, -0.05) is 0 Å². The topological polar surface area (TPSA) is 80.0 Å². The highest BCUT2D eigenvalue weighted by Crippen LogP contribution is 2.07. The summed E-state index contributed by atoms with van der Waals surface area (Å²) in [4.78, 5) is 15.8. The van der Waals surface area contributed by atoms with Crippen LogP contribution in [0.15, 0.2) is 48.8 Å². The number of carbonyl (C=O) groups excluding carboxylic acids is 1. The molecule has 2 rings (SSSR count). The molecule has 98 valence electrons. The summed E-state index contributed by atoms with van der Waals surface area (Å²) >= 11 is 0. The maximum absolute atomic E-state index is 11.9. The molecule has 1 aromatic carbocycles. The van der Waals surface area contributed by atoms with Gasteiger partial charge in [-0.05, 0) is 48.4 Å². The van der Waals surface area contributed by atoms with Gasteiger partial charge in [0.05, 0.1) is 0 Å². The first-order valence-electron chi connectivity index (χ1n) is 6.03. The van der Waals surface area contributed by atoms with E-state index in [1.54, 1.807) is 36.7 Å². The third-order valence-corrected chi connectivity index (χ3v) is 2.76. The van der Waals surface area contributed by atoms with Crippen molar-refractivity contribution in [2.24, 2.45) is 5.84 Å². The van der Waals surface area contributed by atoms with E-state index in [-0.39, 0.29) is 5.91 Å². The quantitative estimate of drug-likeness (QED) is 0.557. The number of nitrogens with zero attached hydrogens (tertiary/aromatic N) is 1. The molecule has 19 heavy (non-hydrogen) atoms. The molecule has 1 heterocycles. The Labute approximate surface area is 111 Å². The summed E-state index contributed by atoms with van der Waals surface area (Å²) in [6, 6.07) is 10.9. The highest BCUT2D eigenvalue weighted by atomic mass is 16.1. The molecule has 0 unspecified atom stereocenters. The van der Waals surface area contributed by atoms with E-state index in [2.05, 4.69) is 15.7 Å². The van der Waals surface area contributed by atoms with Gasteiger partial charge in [0.1, 0.15) is 0 Å². The summed E-state index contributed by atoms with van der Waals surface area (Å²) in [5.74, 6) is 5.18. The molecule has 1 amide bonds. The number of hydrogen-bond donors (Lipinski definition) is 3. The normalized spacial score (nSPS) is 9.95. The maximum Gasteiger partial charge on any atom is 0.251 e. The van der Waals surface area contributed by atoms with Crippen LogP contribution in [0.25, 0.3) is 0 Å². The lowest BCUT2D eigenvalue weighted by atomic mass is 10.1. The van der Waals surface area contributed by atoms with Crippen LogP contribution in [0.1, 0.15) is 15.9 Å². The SMILES string of the molecule is NNc1ccc(C(=O)NCCc2ccncc2)cc1. The van der Waals surface area contributed by atoms with Crippen LogP contribution in [-0.2, 0) is 6.42 Å². The zero-order chi connectivity index (χ0) is 13.5. The molecule has 0 radical (unpaired) electrons. The Bertz CT molecular complexity index is 525. The number of nitrogen functional groups attached to an aromatic ring is 1. The number of benzene rings is 1. The Morgan fingerprint density at radius 3 is 2.42 bits per heavy atom. The first kappa shape index (κ1) is 13.0. The number of anilines is 1. The van der Waals surface area contributed by atoms with E-state index in [1.165, 1.54) is 0 Å². The summed E-state index contributed by atoms with van der Waals surface area (Å²) < 4.78 is 0. The summed E-state index contributed by atoms with van der Waals surface area (Å²) in [7, 11) is 0. The number of pyridine rings is 1. The highest BCUT2D eigenvalue weighted by Gasteiger charge is 2.04. The van der Waals surface area contributed by atoms with Crippen LogP contribution in [0.3, 0.4) is 0 Å². The summed E-state index contributed by atoms with van der Waals surface area (Å²) in [6.45, 7) is 0.597. The molecule has 0 fully saturated rings. The molecule has 0 aliphatic heterocycles. The molecular weight excluding hydrogens is 240 g/mol. The summed E-state index contributed by atoms with van der Waals surface area (Å²) in [6.07, 6.45) is 4.28. The molecule has 2 aromatic rings. The maximum atomic E-state index is 11.9. The fourth-order valence-electron chi connectivity index (χ4n) is 1.69. The van der Waals surface area contributed by atoms with E-state index < -0.39 is 0 Å². The second-order valence-electron chi connectivity index (χ2n) is 4.08. The number of aromatic nitrogens is 1. The van der Waals surface area contributed by atoms with Gasteiger partial charge in [0.25, 0.3) is 5.91 Å². The van der Waals surface area contributed by atoms with Crippen LogP contribution in [0.2, 0.25) is 0 Å². The fourth-order valence-corrected chi connectivity index (χ4v) is 1.69. The molecule has 0 saturated heterocycles. The van der Waals surface area contributed by atoms with E-state index in [9.17, 15) is 4.79 Å². The largest absolute Gasteiger partial charge is 0.352 e. The minimum Gasteiger partial charge on any atom is -0.352 e. The van der Waals surface area contributed by atoms with Crippen molar-refractivity contribution < 1.29 is 4.79 Å². The minimum atomic E-state index is -0.0855. The number of nitrogens with two attached hydrogens (primary N) is 1. The Hall–Kier alpha value is -2.40. The predicted octanol–water partition coefficient (Wildman–Crippen LogP) is 1.34. The first-order valence-corrected chi connectivity index (χ1v) is 6.03. The Balaban J connectivity index is 1.84. The second-order valence-corrected chi connectivity index (χ2v) is 4.08. The number of hydrogen-bond acceptors (Lipinski definition) is 4. The number of nitrogens with one attached hydrogen (secondary N) is 2. The van der Waals surface area contributed by atoms with Gasteiger partial charge in [0, 0.05) is 30.2 Å². The third kappa shape index (κ3) is 3.79. The Kier molecular flexibility index (Phi) is 4.47. The van der Waals surface area contributed by atoms with E-state index >= 15 is 0 Å². The Morgan fingerprint density at radius 2 is 1.79 bits per heavy atom. The minimum absolute atomic E-state index is 0.0855. The second kappa shape index (κ2) is 6.51. The van der Waals surface area contributed by atoms with Gasteiger partial charge in [-0.3, -0.25) is 15.6 Å². The molecule has 5 heteroatoms. The van der Waals surface area contributed by atoms with Crippen LogP contribution in [0.4, 0.5) is 5.69 Å². The monoisotopic (exact) mass is 256 g/mol. The van der Waals surface area contributed by atoms with Crippen LogP contribution < -0.4 is 16.6 Å². The number of carbonyl (C=O) groups is 1. The molecule has 0 spiro atoms. The smallest absolute Gasteiger partial charge is 0.251 e. The first-order chi connectivity index (χ1) is 9.29. The fraction of sp³-hybridized carbons (Fsp3) is 0.143. The van der Waals surface area contributed by atoms with Crippen molar-refractivity contribution >= 4 is 11.6 Å². The van der Waals surface area contributed by atoms with E-state index in [4.69, 9.17) is 5.84 Å². The zero-order valence-corrected chi connectivity index (χ0v) is 10.5. The van der Waals surface area contributed by atoms with Crippen molar-refractivity contribution in [3.8, 4) is 0 Å². The van der Waals surface area contributed by atoms with Gasteiger partial charge in [0.15, 0.2) is 0 Å². The van der Waals surface area contributed by atoms with Crippen molar-refractivity contribution in [3.05, 3.63) is 59.9 Å². The van der Waals surface area contributed by atoms with Crippen molar-refractivity contribution in [2.45, 2.75) is 6.42 Å². The van der Waals surface area contributed by atoms with Gasteiger partial charge in [-0.2, -0.15) is 0 Å². The van der Waals surface area contributed by atoms with Gasteiger partial charge in [-0.25, -0.2) is 0 Å². The molecule has 0 aliphatic carbocycles. The molecule has 4 N–H and O–H groups in total. The number of amides is 1. The number of hydrazine groups is 1. The van der Waals surface area contributed by atoms with E-state index in [0.29, 0.717) is 12.1 Å². The van der Waals surface area contributed by atoms with Crippen LogP contribution in [0.5, 0.6) is 0 Å². The Morgan fingerprint density at radius 1 is 1.11 bits per heavy atom. The average Bonchev–Trinajstić information content (AvgIpc) is 2.48. The van der Waals surface area contributed by atoms with Crippen LogP contribution in [0, 0.1) is 0 Å². The lowest BCUT2D eigenvalue weighted by Crippen LogP contribution is -2.25. The van der Waals surface area contributed by atoms with Crippen molar-refractivity contribution in [1.82, 2.24) is 10.3 Å². The molecular formula is C14H16N4O. The summed E-state index contributed by atoms with van der Waals surface area (Å²) in [5, 5.41) is 2.87. The number of rotatable bonds is 5. The van der Waals surface area contributed by atoms with Crippen molar-refractivity contribution in [3.63, 3.8) is 0 Å². The van der Waals surface area contributed by atoms with E-state index in [1.807, 2.05) is 12.1 Å². The van der Waals surface area contributed by atoms with Crippen LogP contribution >= 0.6 is 0 Å². The molecule has 0 bridgehead atoms. The standard InChI is InChI=1S/C14H16N4O/c15-18-13-3-1-12(2-4-13)14(19)17-10-7-11-5-8-16-9-6-11/h1-6,8-9,18H,7,10,15H2,(H,17,19). The highest BCUT2D eigenvalue weighted by molar-refractivity contribution is 5.94. The third-order valence-electron chi connectivity index (χ3n) is 2.76. The van der Waals surface area contributed by atoms with Gasteiger partial charge < -0.3 is 10.7 Å². The van der Waals surface area contributed by atoms with Crippen molar-refractivity contribution in [1.29, 1.82) is 0 Å². The molecule has 1 aromatic heterocycles. The lowest BCUT2D eigenvalue weighted by molar-refractivity contribution is 0.0954. The van der Waals surface area contributed by atoms with Gasteiger partial charge >= 0.3 is 0 Å². The lowest BCUT2D eigenvalue weighted by Gasteiger charge is -2.06. The molecule has 0 aliphatic rings. The zero-order valence-electron chi connectivity index (χ0n) is 10.5. The van der Waals surface area contributed by atoms with Crippen molar-refractivity contribution in [2.75, 3.05) is 12.0 Å². The molecule has 0 atom stereocenters. The molecule has 5 nitrogen and oxygen atoms in total. The van der Waals surface area contributed by atoms with E-state index in [0.717, 1.165) is 17.7 Å². The van der Waals surface area contributed by atoms with Gasteiger partial charge in [0.2, 0.25) is 0 Å². The van der Waals surface area contributed by atoms with Gasteiger partial charge in [-0.15, -0.1) is 0 Å². The molecule has 0 saturated carbocycles. The van der Waals surface area contributed by atoms with Crippen LogP contribution in [-0.4, -0.2) is 17.4 Å². The summed E-state index contributed by atoms with van der Waals surface area (Å²) in [5.41, 5.74) is 5.06.